The molecule has 1 aliphatic rings. The zero-order valence-corrected chi connectivity index (χ0v) is 17.5. The zero-order valence-electron chi connectivity index (χ0n) is 16.8. The number of hydrogen-bond acceptors (Lipinski definition) is 3. The summed E-state index contributed by atoms with van der Waals surface area (Å²) in [5, 5.41) is 12.6. The molecule has 0 fully saturated rings. The van der Waals surface area contributed by atoms with Crippen molar-refractivity contribution in [3.05, 3.63) is 94.5 Å². The van der Waals surface area contributed by atoms with Crippen LogP contribution in [0.5, 0.6) is 0 Å². The number of alkyl carbamates (subject to hydrolysis) is 1. The second-order valence-electron chi connectivity index (χ2n) is 7.53. The second kappa shape index (κ2) is 9.23. The Morgan fingerprint density at radius 3 is 2.10 bits per heavy atom. The topological polar surface area (TPSA) is 75.6 Å². The van der Waals surface area contributed by atoms with Crippen LogP contribution in [0.1, 0.15) is 29.0 Å². The van der Waals surface area contributed by atoms with Crippen molar-refractivity contribution in [1.29, 1.82) is 0 Å². The van der Waals surface area contributed by atoms with Gasteiger partial charge in [0.15, 0.2) is 0 Å². The summed E-state index contributed by atoms with van der Waals surface area (Å²) >= 11 is 5.88. The number of amides is 1. The van der Waals surface area contributed by atoms with Gasteiger partial charge in [-0.25, -0.2) is 9.59 Å². The lowest BCUT2D eigenvalue weighted by atomic mass is 9.98. The molecule has 2 N–H and O–H groups in total. The molecule has 1 aliphatic carbocycles. The number of carboxylic acids is 1. The molecule has 0 heterocycles. The zero-order chi connectivity index (χ0) is 21.8. The summed E-state index contributed by atoms with van der Waals surface area (Å²) < 4.78 is 5.46. The van der Waals surface area contributed by atoms with Crippen molar-refractivity contribution in [3.8, 4) is 11.1 Å². The average molecular weight is 436 g/mol. The van der Waals surface area contributed by atoms with E-state index in [4.69, 9.17) is 16.3 Å². The van der Waals surface area contributed by atoms with Crippen molar-refractivity contribution >= 4 is 23.7 Å². The summed E-state index contributed by atoms with van der Waals surface area (Å²) in [5.74, 6) is -1.17. The first-order valence-electron chi connectivity index (χ1n) is 10.1. The lowest BCUT2D eigenvalue weighted by Crippen LogP contribution is -2.41. The van der Waals surface area contributed by atoms with Gasteiger partial charge in [-0.2, -0.15) is 0 Å². The van der Waals surface area contributed by atoms with Crippen LogP contribution in [-0.2, 0) is 16.0 Å². The molecule has 0 saturated carbocycles. The first-order chi connectivity index (χ1) is 15.0. The van der Waals surface area contributed by atoms with Gasteiger partial charge in [-0.05, 0) is 52.8 Å². The van der Waals surface area contributed by atoms with E-state index in [0.717, 1.165) is 27.8 Å². The van der Waals surface area contributed by atoms with Crippen LogP contribution in [-0.4, -0.2) is 29.8 Å². The van der Waals surface area contributed by atoms with E-state index in [2.05, 4.69) is 17.4 Å². The fraction of sp³-hybridized carbons (Fsp3) is 0.200. The largest absolute Gasteiger partial charge is 0.480 e. The van der Waals surface area contributed by atoms with Crippen LogP contribution >= 0.6 is 11.6 Å². The first-order valence-corrected chi connectivity index (χ1v) is 10.5. The van der Waals surface area contributed by atoms with Crippen molar-refractivity contribution in [2.45, 2.75) is 24.8 Å². The van der Waals surface area contributed by atoms with Crippen molar-refractivity contribution in [1.82, 2.24) is 5.32 Å². The van der Waals surface area contributed by atoms with Gasteiger partial charge in [-0.15, -0.1) is 0 Å². The molecule has 158 valence electrons. The Labute approximate surface area is 185 Å². The predicted octanol–water partition coefficient (Wildman–Crippen LogP) is 5.26. The predicted molar refractivity (Wildman–Crippen MR) is 119 cm³/mol. The number of aliphatic carboxylic acids is 1. The van der Waals surface area contributed by atoms with Gasteiger partial charge in [0.25, 0.3) is 0 Å². The molecule has 0 spiro atoms. The quantitative estimate of drug-likeness (QED) is 0.530. The highest BCUT2D eigenvalue weighted by Crippen LogP contribution is 2.44. The third kappa shape index (κ3) is 4.72. The maximum Gasteiger partial charge on any atom is 0.407 e. The van der Waals surface area contributed by atoms with Crippen LogP contribution in [0.2, 0.25) is 5.02 Å². The number of halogens is 1. The highest BCUT2D eigenvalue weighted by atomic mass is 35.5. The van der Waals surface area contributed by atoms with Crippen molar-refractivity contribution < 1.29 is 19.4 Å². The molecule has 4 rings (SSSR count). The van der Waals surface area contributed by atoms with E-state index in [9.17, 15) is 14.7 Å². The Bertz CT molecular complexity index is 1050. The van der Waals surface area contributed by atoms with Gasteiger partial charge in [0.05, 0.1) is 0 Å². The molecule has 0 aromatic heterocycles. The van der Waals surface area contributed by atoms with Gasteiger partial charge in [0, 0.05) is 10.9 Å². The number of carboxylic acid groups (broad SMARTS) is 1. The number of benzene rings is 3. The van der Waals surface area contributed by atoms with Gasteiger partial charge >= 0.3 is 12.1 Å². The molecule has 3 aromatic rings. The van der Waals surface area contributed by atoms with Crippen LogP contribution in [0.4, 0.5) is 4.79 Å². The second-order valence-corrected chi connectivity index (χ2v) is 7.96. The van der Waals surface area contributed by atoms with Crippen molar-refractivity contribution in [2.24, 2.45) is 0 Å². The van der Waals surface area contributed by atoms with E-state index in [1.165, 1.54) is 0 Å². The minimum atomic E-state index is -1.09. The molecule has 1 amide bonds. The molecule has 0 bridgehead atoms. The molecular formula is C25H22ClNO4. The fourth-order valence-corrected chi connectivity index (χ4v) is 4.13. The molecule has 0 radical (unpaired) electrons. The summed E-state index contributed by atoms with van der Waals surface area (Å²) in [6, 6.07) is 22.3. The fourth-order valence-electron chi connectivity index (χ4n) is 4.00. The van der Waals surface area contributed by atoms with Gasteiger partial charge in [-0.1, -0.05) is 72.3 Å². The Morgan fingerprint density at radius 2 is 1.52 bits per heavy atom. The minimum Gasteiger partial charge on any atom is -0.480 e. The maximum absolute atomic E-state index is 12.4. The molecule has 0 unspecified atom stereocenters. The molecule has 0 saturated heterocycles. The Hall–Kier alpha value is -3.31. The monoisotopic (exact) mass is 435 g/mol. The summed E-state index contributed by atoms with van der Waals surface area (Å²) in [4.78, 5) is 24.0. The highest BCUT2D eigenvalue weighted by molar-refractivity contribution is 6.30. The minimum absolute atomic E-state index is 0.0736. The Morgan fingerprint density at radius 1 is 0.935 bits per heavy atom. The van der Waals surface area contributed by atoms with Crippen LogP contribution < -0.4 is 5.32 Å². The van der Waals surface area contributed by atoms with Crippen LogP contribution in [0.15, 0.2) is 72.8 Å². The number of hydrogen-bond donors (Lipinski definition) is 2. The molecular weight excluding hydrogens is 414 g/mol. The van der Waals surface area contributed by atoms with E-state index in [1.54, 1.807) is 12.1 Å². The van der Waals surface area contributed by atoms with Gasteiger partial charge in [0.1, 0.15) is 12.6 Å². The van der Waals surface area contributed by atoms with E-state index in [-0.39, 0.29) is 18.9 Å². The van der Waals surface area contributed by atoms with Crippen LogP contribution in [0.3, 0.4) is 0 Å². The van der Waals surface area contributed by atoms with Crippen LogP contribution in [0.25, 0.3) is 11.1 Å². The molecule has 6 heteroatoms. The summed E-state index contributed by atoms with van der Waals surface area (Å²) in [7, 11) is 0. The number of aryl methyl sites for hydroxylation is 1. The molecule has 0 aliphatic heterocycles. The SMILES string of the molecule is O=C(N[C@@H](CCc1ccc(Cl)cc1)C(=O)O)OCC1c2ccccc2-c2ccccc21. The van der Waals surface area contributed by atoms with E-state index < -0.39 is 18.1 Å². The number of ether oxygens (including phenoxy) is 1. The first kappa shape index (κ1) is 20.9. The van der Waals surface area contributed by atoms with E-state index in [1.807, 2.05) is 48.5 Å². The molecule has 5 nitrogen and oxygen atoms in total. The summed E-state index contributed by atoms with van der Waals surface area (Å²) in [6.45, 7) is 0.142. The Balaban J connectivity index is 1.38. The number of rotatable bonds is 7. The van der Waals surface area contributed by atoms with E-state index in [0.29, 0.717) is 11.4 Å². The molecule has 31 heavy (non-hydrogen) atoms. The maximum atomic E-state index is 12.4. The van der Waals surface area contributed by atoms with Gasteiger partial charge < -0.3 is 15.2 Å². The number of carbonyl (C=O) groups is 2. The lowest BCUT2D eigenvalue weighted by molar-refractivity contribution is -0.139. The van der Waals surface area contributed by atoms with E-state index >= 15 is 0 Å². The van der Waals surface area contributed by atoms with Gasteiger partial charge in [-0.3, -0.25) is 0 Å². The highest BCUT2D eigenvalue weighted by Gasteiger charge is 2.29. The average Bonchev–Trinajstić information content (AvgIpc) is 3.10. The molecule has 3 aromatic carbocycles. The Kier molecular flexibility index (Phi) is 6.23. The number of carbonyl (C=O) groups excluding carboxylic acids is 1. The van der Waals surface area contributed by atoms with Crippen LogP contribution in [0, 0.1) is 0 Å². The standard InChI is InChI=1S/C25H22ClNO4/c26-17-12-9-16(10-13-17)11-14-23(24(28)29)27-25(30)31-15-22-20-7-3-1-5-18(20)19-6-2-4-8-21(19)22/h1-10,12-13,22-23H,11,14-15H2,(H,27,30)(H,28,29)/t23-/m0/s1. The van der Waals surface area contributed by atoms with Crippen molar-refractivity contribution in [3.63, 3.8) is 0 Å². The van der Waals surface area contributed by atoms with Crippen molar-refractivity contribution in [2.75, 3.05) is 6.61 Å². The third-order valence-corrected chi connectivity index (χ3v) is 5.82. The van der Waals surface area contributed by atoms with Gasteiger partial charge in [0.2, 0.25) is 0 Å². The molecule has 1 atom stereocenters. The summed E-state index contributed by atoms with van der Waals surface area (Å²) in [5.41, 5.74) is 5.44. The summed E-state index contributed by atoms with van der Waals surface area (Å²) in [6.07, 6.45) is 0.0178. The normalized spacial score (nSPS) is 13.2. The third-order valence-electron chi connectivity index (χ3n) is 5.57. The number of nitrogens with one attached hydrogen (secondary N) is 1. The smallest absolute Gasteiger partial charge is 0.407 e. The lowest BCUT2D eigenvalue weighted by Gasteiger charge is -2.17. The number of fused-ring (bicyclic) bond motifs is 3.